The monoisotopic (exact) mass is 427 g/mol. The SMILES string of the molecule is CCCCCOC(=O)c1ccc(NS(=O)(=O)c2ccc(OC)c3ccccc23)cc1. The van der Waals surface area contributed by atoms with Gasteiger partial charge in [-0.2, -0.15) is 0 Å². The zero-order chi connectivity index (χ0) is 21.6. The van der Waals surface area contributed by atoms with Gasteiger partial charge in [0, 0.05) is 16.5 Å². The average molecular weight is 428 g/mol. The van der Waals surface area contributed by atoms with E-state index in [4.69, 9.17) is 9.47 Å². The lowest BCUT2D eigenvalue weighted by Gasteiger charge is -2.13. The van der Waals surface area contributed by atoms with Crippen LogP contribution in [-0.4, -0.2) is 28.1 Å². The lowest BCUT2D eigenvalue weighted by molar-refractivity contribution is 0.0498. The zero-order valence-electron chi connectivity index (χ0n) is 17.1. The van der Waals surface area contributed by atoms with E-state index in [1.807, 2.05) is 12.1 Å². The van der Waals surface area contributed by atoms with Gasteiger partial charge in [0.05, 0.1) is 24.2 Å². The van der Waals surface area contributed by atoms with Crippen LogP contribution in [0.25, 0.3) is 10.8 Å². The summed E-state index contributed by atoms with van der Waals surface area (Å²) in [6, 6.07) is 16.5. The van der Waals surface area contributed by atoms with Crippen LogP contribution in [0.4, 0.5) is 5.69 Å². The summed E-state index contributed by atoms with van der Waals surface area (Å²) in [4.78, 5) is 12.2. The molecule has 0 aliphatic rings. The van der Waals surface area contributed by atoms with Crippen molar-refractivity contribution in [1.82, 2.24) is 0 Å². The first kappa shape index (κ1) is 21.6. The van der Waals surface area contributed by atoms with Gasteiger partial charge in [0.25, 0.3) is 10.0 Å². The Morgan fingerprint density at radius 2 is 1.63 bits per heavy atom. The van der Waals surface area contributed by atoms with Gasteiger partial charge in [0.15, 0.2) is 0 Å². The van der Waals surface area contributed by atoms with Gasteiger partial charge >= 0.3 is 5.97 Å². The maximum Gasteiger partial charge on any atom is 0.338 e. The summed E-state index contributed by atoms with van der Waals surface area (Å²) < 4.78 is 39.1. The van der Waals surface area contributed by atoms with Gasteiger partial charge < -0.3 is 9.47 Å². The third kappa shape index (κ3) is 4.91. The second kappa shape index (κ2) is 9.63. The molecule has 3 aromatic rings. The Kier molecular flexibility index (Phi) is 6.95. The molecule has 1 N–H and O–H groups in total. The highest BCUT2D eigenvalue weighted by atomic mass is 32.2. The second-order valence-corrected chi connectivity index (χ2v) is 8.49. The minimum absolute atomic E-state index is 0.151. The Morgan fingerprint density at radius 3 is 2.30 bits per heavy atom. The Bertz CT molecular complexity index is 1120. The number of ether oxygens (including phenoxy) is 2. The molecule has 30 heavy (non-hydrogen) atoms. The van der Waals surface area contributed by atoms with Crippen LogP contribution in [0.5, 0.6) is 5.75 Å². The molecule has 0 aliphatic heterocycles. The molecule has 0 saturated heterocycles. The molecular formula is C23H25NO5S. The lowest BCUT2D eigenvalue weighted by Crippen LogP contribution is -2.14. The fourth-order valence-corrected chi connectivity index (χ4v) is 4.41. The van der Waals surface area contributed by atoms with Crippen LogP contribution < -0.4 is 9.46 Å². The molecule has 3 aromatic carbocycles. The van der Waals surface area contributed by atoms with Crippen LogP contribution in [-0.2, 0) is 14.8 Å². The van der Waals surface area contributed by atoms with Crippen LogP contribution in [0.15, 0.2) is 65.6 Å². The average Bonchev–Trinajstić information content (AvgIpc) is 2.76. The van der Waals surface area contributed by atoms with Crippen molar-refractivity contribution in [2.24, 2.45) is 0 Å². The standard InChI is InChI=1S/C23H25NO5S/c1-3-4-7-16-29-23(25)17-10-12-18(13-11-17)24-30(26,27)22-15-14-21(28-2)19-8-5-6-9-20(19)22/h5-6,8-15,24H,3-4,7,16H2,1-2H3. The molecule has 6 nitrogen and oxygen atoms in total. The molecule has 3 rings (SSSR count). The van der Waals surface area contributed by atoms with Crippen molar-refractivity contribution in [3.8, 4) is 5.75 Å². The van der Waals surface area contributed by atoms with E-state index in [0.29, 0.717) is 34.4 Å². The van der Waals surface area contributed by atoms with E-state index in [-0.39, 0.29) is 4.90 Å². The van der Waals surface area contributed by atoms with Crippen molar-refractivity contribution in [2.75, 3.05) is 18.4 Å². The molecule has 0 atom stereocenters. The summed E-state index contributed by atoms with van der Waals surface area (Å²) in [7, 11) is -2.29. The number of carbonyl (C=O) groups is 1. The molecule has 7 heteroatoms. The van der Waals surface area contributed by atoms with E-state index in [9.17, 15) is 13.2 Å². The molecule has 0 aromatic heterocycles. The first-order valence-corrected chi connectivity index (χ1v) is 11.3. The van der Waals surface area contributed by atoms with Crippen LogP contribution in [0.1, 0.15) is 36.5 Å². The van der Waals surface area contributed by atoms with Crippen LogP contribution >= 0.6 is 0 Å². The summed E-state index contributed by atoms with van der Waals surface area (Å²) in [5.74, 6) is 0.188. The highest BCUT2D eigenvalue weighted by Crippen LogP contribution is 2.31. The van der Waals surface area contributed by atoms with E-state index >= 15 is 0 Å². The van der Waals surface area contributed by atoms with Gasteiger partial charge in [-0.1, -0.05) is 44.0 Å². The highest BCUT2D eigenvalue weighted by Gasteiger charge is 2.19. The molecular weight excluding hydrogens is 402 g/mol. The van der Waals surface area contributed by atoms with Gasteiger partial charge in [-0.3, -0.25) is 4.72 Å². The molecule has 0 fully saturated rings. The Morgan fingerprint density at radius 1 is 0.933 bits per heavy atom. The van der Waals surface area contributed by atoms with E-state index in [1.54, 1.807) is 49.6 Å². The summed E-state index contributed by atoms with van der Waals surface area (Å²) in [5.41, 5.74) is 0.738. The fraction of sp³-hybridized carbons (Fsp3) is 0.261. The summed E-state index contributed by atoms with van der Waals surface area (Å²) in [6.45, 7) is 2.46. The predicted octanol–water partition coefficient (Wildman–Crippen LogP) is 5.00. The number of esters is 1. The van der Waals surface area contributed by atoms with Crippen molar-refractivity contribution >= 4 is 32.5 Å². The van der Waals surface area contributed by atoms with Crippen LogP contribution in [0, 0.1) is 0 Å². The number of fused-ring (bicyclic) bond motifs is 1. The number of carbonyl (C=O) groups excluding carboxylic acids is 1. The minimum atomic E-state index is -3.84. The summed E-state index contributed by atoms with van der Waals surface area (Å²) >= 11 is 0. The fourth-order valence-electron chi connectivity index (χ4n) is 3.14. The Balaban J connectivity index is 1.78. The molecule has 0 amide bonds. The molecule has 0 unspecified atom stereocenters. The van der Waals surface area contributed by atoms with Crippen molar-refractivity contribution < 1.29 is 22.7 Å². The number of anilines is 1. The van der Waals surface area contributed by atoms with Gasteiger partial charge in [-0.05, 0) is 42.8 Å². The molecule has 0 saturated carbocycles. The smallest absolute Gasteiger partial charge is 0.338 e. The number of methoxy groups -OCH3 is 1. The number of hydrogen-bond acceptors (Lipinski definition) is 5. The Labute approximate surface area is 176 Å². The van der Waals surface area contributed by atoms with Crippen LogP contribution in [0.2, 0.25) is 0 Å². The first-order chi connectivity index (χ1) is 14.5. The van der Waals surface area contributed by atoms with Crippen molar-refractivity contribution in [2.45, 2.75) is 31.1 Å². The van der Waals surface area contributed by atoms with Crippen molar-refractivity contribution in [3.05, 3.63) is 66.2 Å². The second-order valence-electron chi connectivity index (χ2n) is 6.84. The lowest BCUT2D eigenvalue weighted by atomic mass is 10.1. The predicted molar refractivity (Wildman–Crippen MR) is 118 cm³/mol. The first-order valence-electron chi connectivity index (χ1n) is 9.82. The Hall–Kier alpha value is -3.06. The molecule has 158 valence electrons. The van der Waals surface area contributed by atoms with E-state index < -0.39 is 16.0 Å². The molecule has 0 bridgehead atoms. The number of nitrogens with one attached hydrogen (secondary N) is 1. The van der Waals surface area contributed by atoms with Crippen molar-refractivity contribution in [3.63, 3.8) is 0 Å². The van der Waals surface area contributed by atoms with Crippen LogP contribution in [0.3, 0.4) is 0 Å². The zero-order valence-corrected chi connectivity index (χ0v) is 17.9. The quantitative estimate of drug-likeness (QED) is 0.384. The number of benzene rings is 3. The summed E-state index contributed by atoms with van der Waals surface area (Å²) in [5, 5.41) is 1.28. The van der Waals surface area contributed by atoms with Gasteiger partial charge in [0.2, 0.25) is 0 Å². The molecule has 0 spiro atoms. The molecule has 0 aliphatic carbocycles. The topological polar surface area (TPSA) is 81.7 Å². The van der Waals surface area contributed by atoms with Crippen molar-refractivity contribution in [1.29, 1.82) is 0 Å². The third-order valence-corrected chi connectivity index (χ3v) is 6.15. The summed E-state index contributed by atoms with van der Waals surface area (Å²) in [6.07, 6.45) is 2.89. The largest absolute Gasteiger partial charge is 0.496 e. The highest BCUT2D eigenvalue weighted by molar-refractivity contribution is 7.93. The number of hydrogen-bond donors (Lipinski definition) is 1. The number of sulfonamides is 1. The normalized spacial score (nSPS) is 11.3. The molecule has 0 radical (unpaired) electrons. The van der Waals surface area contributed by atoms with E-state index in [2.05, 4.69) is 11.6 Å². The number of rotatable bonds is 9. The van der Waals surface area contributed by atoms with E-state index in [0.717, 1.165) is 19.3 Å². The van der Waals surface area contributed by atoms with E-state index in [1.165, 1.54) is 6.07 Å². The van der Waals surface area contributed by atoms with Gasteiger partial charge in [-0.15, -0.1) is 0 Å². The van der Waals surface area contributed by atoms with Gasteiger partial charge in [0.1, 0.15) is 5.75 Å². The minimum Gasteiger partial charge on any atom is -0.496 e. The van der Waals surface area contributed by atoms with Gasteiger partial charge in [-0.25, -0.2) is 13.2 Å². The number of unbranched alkanes of at least 4 members (excludes halogenated alkanes) is 2. The maximum absolute atomic E-state index is 13.0. The molecule has 0 heterocycles. The third-order valence-electron chi connectivity index (χ3n) is 4.71. The maximum atomic E-state index is 13.0.